The summed E-state index contributed by atoms with van der Waals surface area (Å²) in [6, 6.07) is 2.02. The molecular formula is C13H16N2O2S2. The van der Waals surface area contributed by atoms with Crippen molar-refractivity contribution < 1.29 is 9.90 Å². The van der Waals surface area contributed by atoms with Crippen LogP contribution in [0.4, 0.5) is 0 Å². The third-order valence-electron chi connectivity index (χ3n) is 2.62. The Kier molecular flexibility index (Phi) is 5.07. The van der Waals surface area contributed by atoms with E-state index in [1.54, 1.807) is 22.7 Å². The molecule has 0 fully saturated rings. The number of hydrogen-bond donors (Lipinski definition) is 2. The number of hydrogen-bond acceptors (Lipinski definition) is 5. The minimum atomic E-state index is -0.0533. The summed E-state index contributed by atoms with van der Waals surface area (Å²) in [7, 11) is 0. The van der Waals surface area contributed by atoms with Crippen molar-refractivity contribution in [2.75, 3.05) is 13.2 Å². The van der Waals surface area contributed by atoms with Gasteiger partial charge in [-0.1, -0.05) is 6.92 Å². The summed E-state index contributed by atoms with van der Waals surface area (Å²) in [5, 5.41) is 18.6. The molecule has 0 aliphatic rings. The number of nitrogens with one attached hydrogen (secondary N) is 1. The lowest BCUT2D eigenvalue weighted by molar-refractivity contribution is -0.120. The maximum absolute atomic E-state index is 11.7. The highest BCUT2D eigenvalue weighted by Gasteiger charge is 2.10. The highest BCUT2D eigenvalue weighted by atomic mass is 32.1. The van der Waals surface area contributed by atoms with E-state index in [-0.39, 0.29) is 18.4 Å². The highest BCUT2D eigenvalue weighted by Crippen LogP contribution is 2.25. The third-order valence-corrected chi connectivity index (χ3v) is 4.24. The third kappa shape index (κ3) is 4.12. The zero-order valence-electron chi connectivity index (χ0n) is 10.6. The number of rotatable bonds is 6. The van der Waals surface area contributed by atoms with E-state index >= 15 is 0 Å². The van der Waals surface area contributed by atoms with Crippen LogP contribution in [0.15, 0.2) is 22.2 Å². The normalized spacial score (nSPS) is 12.3. The van der Waals surface area contributed by atoms with Crippen molar-refractivity contribution in [1.82, 2.24) is 10.3 Å². The summed E-state index contributed by atoms with van der Waals surface area (Å²) >= 11 is 3.19. The molecule has 6 heteroatoms. The maximum Gasteiger partial charge on any atom is 0.226 e. The van der Waals surface area contributed by atoms with Crippen molar-refractivity contribution in [1.29, 1.82) is 0 Å². The van der Waals surface area contributed by atoms with Crippen molar-refractivity contribution in [2.45, 2.75) is 13.3 Å². The van der Waals surface area contributed by atoms with Gasteiger partial charge in [0.1, 0.15) is 5.01 Å². The molecule has 0 aliphatic carbocycles. The summed E-state index contributed by atoms with van der Waals surface area (Å²) in [5.74, 6) is 0.0308. The zero-order chi connectivity index (χ0) is 13.7. The van der Waals surface area contributed by atoms with Crippen molar-refractivity contribution in [3.63, 3.8) is 0 Å². The molecule has 2 aromatic rings. The van der Waals surface area contributed by atoms with Gasteiger partial charge >= 0.3 is 0 Å². The molecule has 2 N–H and O–H groups in total. The molecule has 0 radical (unpaired) electrons. The fourth-order valence-electron chi connectivity index (χ4n) is 1.49. The number of amides is 1. The molecule has 1 atom stereocenters. The van der Waals surface area contributed by atoms with Gasteiger partial charge in [-0.15, -0.1) is 11.3 Å². The number of carbonyl (C=O) groups excluding carboxylic acids is 1. The molecule has 19 heavy (non-hydrogen) atoms. The van der Waals surface area contributed by atoms with Crippen LogP contribution in [0, 0.1) is 5.92 Å². The SMILES string of the molecule is CC(CO)CNC(=O)Cc1csc(-c2ccsc2)n1. The molecule has 0 aromatic carbocycles. The standard InChI is InChI=1S/C13H16N2O2S2/c1-9(6-16)5-14-12(17)4-11-8-19-13(15-11)10-2-3-18-7-10/h2-3,7-9,16H,4-6H2,1H3,(H,14,17). The van der Waals surface area contributed by atoms with Gasteiger partial charge < -0.3 is 10.4 Å². The van der Waals surface area contributed by atoms with Gasteiger partial charge in [-0.25, -0.2) is 4.98 Å². The summed E-state index contributed by atoms with van der Waals surface area (Å²) < 4.78 is 0. The molecule has 0 bridgehead atoms. The first-order valence-corrected chi connectivity index (χ1v) is 7.86. The molecule has 102 valence electrons. The van der Waals surface area contributed by atoms with Crippen LogP contribution in [-0.4, -0.2) is 29.1 Å². The summed E-state index contributed by atoms with van der Waals surface area (Å²) in [4.78, 5) is 16.2. The lowest BCUT2D eigenvalue weighted by atomic mass is 10.2. The number of thiophene rings is 1. The van der Waals surface area contributed by atoms with Crippen LogP contribution in [0.25, 0.3) is 10.6 Å². The minimum Gasteiger partial charge on any atom is -0.396 e. The van der Waals surface area contributed by atoms with Crippen LogP contribution in [0.5, 0.6) is 0 Å². The predicted molar refractivity (Wildman–Crippen MR) is 78.4 cm³/mol. The van der Waals surface area contributed by atoms with Crippen molar-refractivity contribution in [3.8, 4) is 10.6 Å². The fraction of sp³-hybridized carbons (Fsp3) is 0.385. The molecule has 2 rings (SSSR count). The van der Waals surface area contributed by atoms with Crippen LogP contribution in [0.3, 0.4) is 0 Å². The molecule has 1 unspecified atom stereocenters. The number of aliphatic hydroxyl groups is 1. The molecule has 4 nitrogen and oxygen atoms in total. The van der Waals surface area contributed by atoms with Crippen molar-refractivity contribution in [3.05, 3.63) is 27.9 Å². The Morgan fingerprint density at radius 1 is 1.53 bits per heavy atom. The quantitative estimate of drug-likeness (QED) is 0.858. The topological polar surface area (TPSA) is 62.2 Å². The number of aliphatic hydroxyl groups excluding tert-OH is 1. The van der Waals surface area contributed by atoms with Gasteiger partial charge in [-0.05, 0) is 17.4 Å². The Labute approximate surface area is 120 Å². The maximum atomic E-state index is 11.7. The number of thiazole rings is 1. The Hall–Kier alpha value is -1.24. The minimum absolute atomic E-state index is 0.0533. The van der Waals surface area contributed by atoms with E-state index in [0.717, 1.165) is 16.3 Å². The van der Waals surface area contributed by atoms with Crippen molar-refractivity contribution >= 4 is 28.6 Å². The first kappa shape index (κ1) is 14.2. The lowest BCUT2D eigenvalue weighted by Gasteiger charge is -2.08. The molecular weight excluding hydrogens is 280 g/mol. The number of carbonyl (C=O) groups is 1. The van der Waals surface area contributed by atoms with E-state index in [1.807, 2.05) is 29.1 Å². The zero-order valence-corrected chi connectivity index (χ0v) is 12.3. The van der Waals surface area contributed by atoms with E-state index in [1.165, 1.54) is 0 Å². The second kappa shape index (κ2) is 6.79. The molecule has 0 aliphatic heterocycles. The van der Waals surface area contributed by atoms with Gasteiger partial charge in [0.25, 0.3) is 0 Å². The van der Waals surface area contributed by atoms with Crippen LogP contribution >= 0.6 is 22.7 Å². The van der Waals surface area contributed by atoms with E-state index in [9.17, 15) is 4.79 Å². The Morgan fingerprint density at radius 3 is 3.05 bits per heavy atom. The van der Waals surface area contributed by atoms with Crippen LogP contribution in [0.2, 0.25) is 0 Å². The van der Waals surface area contributed by atoms with E-state index < -0.39 is 0 Å². The first-order chi connectivity index (χ1) is 9.19. The molecule has 1 amide bonds. The average molecular weight is 296 g/mol. The van der Waals surface area contributed by atoms with Gasteiger partial charge in [0.05, 0.1) is 12.1 Å². The molecule has 0 saturated heterocycles. The second-order valence-corrected chi connectivity index (χ2v) is 6.06. The van der Waals surface area contributed by atoms with Crippen molar-refractivity contribution in [2.24, 2.45) is 5.92 Å². The molecule has 0 saturated carbocycles. The van der Waals surface area contributed by atoms with Gasteiger partial charge in [-0.3, -0.25) is 4.79 Å². The average Bonchev–Trinajstić information content (AvgIpc) is 3.06. The first-order valence-electron chi connectivity index (χ1n) is 6.03. The smallest absolute Gasteiger partial charge is 0.226 e. The fourth-order valence-corrected chi connectivity index (χ4v) is 3.02. The lowest BCUT2D eigenvalue weighted by Crippen LogP contribution is -2.30. The second-order valence-electron chi connectivity index (χ2n) is 4.42. The molecule has 2 heterocycles. The van der Waals surface area contributed by atoms with Crippen LogP contribution in [0.1, 0.15) is 12.6 Å². The highest BCUT2D eigenvalue weighted by molar-refractivity contribution is 7.14. The number of aromatic nitrogens is 1. The van der Waals surface area contributed by atoms with E-state index in [0.29, 0.717) is 13.0 Å². The van der Waals surface area contributed by atoms with Gasteiger partial charge in [-0.2, -0.15) is 11.3 Å². The van der Waals surface area contributed by atoms with Crippen LogP contribution < -0.4 is 5.32 Å². The Bertz CT molecular complexity index is 522. The summed E-state index contributed by atoms with van der Waals surface area (Å²) in [6.45, 7) is 2.47. The Balaban J connectivity index is 1.88. The summed E-state index contributed by atoms with van der Waals surface area (Å²) in [6.07, 6.45) is 0.290. The molecule has 2 aromatic heterocycles. The van der Waals surface area contributed by atoms with E-state index in [4.69, 9.17) is 5.11 Å². The molecule has 0 spiro atoms. The largest absolute Gasteiger partial charge is 0.396 e. The Morgan fingerprint density at radius 2 is 2.37 bits per heavy atom. The summed E-state index contributed by atoms with van der Waals surface area (Å²) in [5.41, 5.74) is 1.90. The van der Waals surface area contributed by atoms with Gasteiger partial charge in [0.2, 0.25) is 5.91 Å². The van der Waals surface area contributed by atoms with Gasteiger partial charge in [0, 0.05) is 29.5 Å². The van der Waals surface area contributed by atoms with E-state index in [2.05, 4.69) is 10.3 Å². The van der Waals surface area contributed by atoms with Crippen LogP contribution in [-0.2, 0) is 11.2 Å². The number of nitrogens with zero attached hydrogens (tertiary/aromatic N) is 1. The monoisotopic (exact) mass is 296 g/mol. The predicted octanol–water partition coefficient (Wildman–Crippen LogP) is 2.16. The van der Waals surface area contributed by atoms with Gasteiger partial charge in [0.15, 0.2) is 0 Å².